The van der Waals surface area contributed by atoms with Crippen molar-refractivity contribution in [1.82, 2.24) is 9.62 Å². The van der Waals surface area contributed by atoms with Gasteiger partial charge >= 0.3 is 5.97 Å². The first-order chi connectivity index (χ1) is 8.93. The third-order valence-electron chi connectivity index (χ3n) is 2.66. The van der Waals surface area contributed by atoms with Crippen LogP contribution in [0.25, 0.3) is 0 Å². The minimum absolute atomic E-state index is 0.152. The van der Waals surface area contributed by atoms with Crippen molar-refractivity contribution in [3.8, 4) is 0 Å². The van der Waals surface area contributed by atoms with Crippen molar-refractivity contribution in [2.75, 3.05) is 34.3 Å². The minimum Gasteiger partial charge on any atom is -0.465 e. The fraction of sp³-hybridized carbons (Fsp3) is 0.417. The SMILES string of the molecule is CNCCN(C)S(=O)(=O)c1ccc(C(=O)OC)cc1. The van der Waals surface area contributed by atoms with Crippen LogP contribution in [-0.4, -0.2) is 53.0 Å². The largest absolute Gasteiger partial charge is 0.465 e. The van der Waals surface area contributed by atoms with E-state index in [1.54, 1.807) is 7.05 Å². The van der Waals surface area contributed by atoms with Gasteiger partial charge in [-0.2, -0.15) is 4.31 Å². The summed E-state index contributed by atoms with van der Waals surface area (Å²) in [7, 11) is 1.03. The zero-order valence-electron chi connectivity index (χ0n) is 11.2. The number of nitrogens with zero attached hydrogens (tertiary/aromatic N) is 1. The molecule has 0 saturated carbocycles. The van der Waals surface area contributed by atoms with Crippen LogP contribution in [0.4, 0.5) is 0 Å². The van der Waals surface area contributed by atoms with Gasteiger partial charge in [0.15, 0.2) is 0 Å². The highest BCUT2D eigenvalue weighted by molar-refractivity contribution is 7.89. The van der Waals surface area contributed by atoms with Gasteiger partial charge in [0.05, 0.1) is 17.6 Å². The number of carbonyl (C=O) groups excluding carboxylic acids is 1. The van der Waals surface area contributed by atoms with E-state index < -0.39 is 16.0 Å². The van der Waals surface area contributed by atoms with Gasteiger partial charge in [0.2, 0.25) is 10.0 Å². The molecule has 1 N–H and O–H groups in total. The lowest BCUT2D eigenvalue weighted by Gasteiger charge is -2.17. The van der Waals surface area contributed by atoms with Crippen LogP contribution >= 0.6 is 0 Å². The number of hydrogen-bond acceptors (Lipinski definition) is 5. The minimum atomic E-state index is -3.52. The van der Waals surface area contributed by atoms with Crippen LogP contribution in [0.3, 0.4) is 0 Å². The maximum Gasteiger partial charge on any atom is 0.337 e. The maximum atomic E-state index is 12.2. The third-order valence-corrected chi connectivity index (χ3v) is 4.53. The van der Waals surface area contributed by atoms with Crippen LogP contribution in [0.2, 0.25) is 0 Å². The summed E-state index contributed by atoms with van der Waals surface area (Å²) in [5.74, 6) is -0.493. The van der Waals surface area contributed by atoms with Crippen LogP contribution in [0.15, 0.2) is 29.2 Å². The van der Waals surface area contributed by atoms with Crippen LogP contribution in [0, 0.1) is 0 Å². The number of sulfonamides is 1. The van der Waals surface area contributed by atoms with Gasteiger partial charge in [0.1, 0.15) is 0 Å². The molecule has 1 aromatic carbocycles. The Morgan fingerprint density at radius 3 is 2.37 bits per heavy atom. The third kappa shape index (κ3) is 3.76. The molecule has 0 aliphatic rings. The number of likely N-dealkylation sites (N-methyl/N-ethyl adjacent to an activating group) is 2. The number of rotatable bonds is 6. The molecule has 0 radical (unpaired) electrons. The van der Waals surface area contributed by atoms with E-state index in [0.29, 0.717) is 18.7 Å². The second-order valence-corrected chi connectivity index (χ2v) is 5.99. The predicted molar refractivity (Wildman–Crippen MR) is 71.5 cm³/mol. The second kappa shape index (κ2) is 6.65. The summed E-state index contributed by atoms with van der Waals surface area (Å²) < 4.78 is 30.2. The van der Waals surface area contributed by atoms with Crippen molar-refractivity contribution in [2.24, 2.45) is 0 Å². The summed E-state index contributed by atoms with van der Waals surface area (Å²) in [6.07, 6.45) is 0. The average molecular weight is 286 g/mol. The Hall–Kier alpha value is -1.44. The molecule has 0 unspecified atom stereocenters. The zero-order chi connectivity index (χ0) is 14.5. The van der Waals surface area contributed by atoms with Gasteiger partial charge in [0, 0.05) is 20.1 Å². The van der Waals surface area contributed by atoms with E-state index >= 15 is 0 Å². The smallest absolute Gasteiger partial charge is 0.337 e. The highest BCUT2D eigenvalue weighted by Gasteiger charge is 2.20. The number of carbonyl (C=O) groups is 1. The van der Waals surface area contributed by atoms with E-state index in [1.807, 2.05) is 0 Å². The molecule has 106 valence electrons. The molecular formula is C12H18N2O4S. The monoisotopic (exact) mass is 286 g/mol. The molecule has 0 amide bonds. The van der Waals surface area contributed by atoms with Gasteiger partial charge in [-0.1, -0.05) is 0 Å². The Morgan fingerprint density at radius 1 is 1.32 bits per heavy atom. The van der Waals surface area contributed by atoms with Gasteiger partial charge < -0.3 is 10.1 Å². The molecule has 0 aliphatic carbocycles. The lowest BCUT2D eigenvalue weighted by Crippen LogP contribution is -2.32. The van der Waals surface area contributed by atoms with E-state index in [0.717, 1.165) is 0 Å². The molecule has 0 aliphatic heterocycles. The number of ether oxygens (including phenoxy) is 1. The van der Waals surface area contributed by atoms with Gasteiger partial charge in [-0.15, -0.1) is 0 Å². The summed E-state index contributed by atoms with van der Waals surface area (Å²) >= 11 is 0. The fourth-order valence-electron chi connectivity index (χ4n) is 1.45. The summed E-state index contributed by atoms with van der Waals surface area (Å²) in [6.45, 7) is 0.938. The normalized spacial score (nSPS) is 11.6. The lowest BCUT2D eigenvalue weighted by atomic mass is 10.2. The van der Waals surface area contributed by atoms with E-state index in [9.17, 15) is 13.2 Å². The van der Waals surface area contributed by atoms with E-state index in [-0.39, 0.29) is 4.90 Å². The Morgan fingerprint density at radius 2 is 1.89 bits per heavy atom. The molecule has 0 bridgehead atoms. The van der Waals surface area contributed by atoms with E-state index in [4.69, 9.17) is 0 Å². The first kappa shape index (κ1) is 15.6. The maximum absolute atomic E-state index is 12.2. The zero-order valence-corrected chi connectivity index (χ0v) is 12.0. The molecule has 1 rings (SSSR count). The molecule has 0 spiro atoms. The fourth-order valence-corrected chi connectivity index (χ4v) is 2.62. The molecule has 0 fully saturated rings. The predicted octanol–water partition coefficient (Wildman–Crippen LogP) is 0.313. The Balaban J connectivity index is 2.93. The number of esters is 1. The second-order valence-electron chi connectivity index (χ2n) is 3.95. The van der Waals surface area contributed by atoms with Crippen LogP contribution in [0.1, 0.15) is 10.4 Å². The lowest BCUT2D eigenvalue weighted by molar-refractivity contribution is 0.0600. The molecule has 1 aromatic rings. The van der Waals surface area contributed by atoms with E-state index in [2.05, 4.69) is 10.1 Å². The molecule has 0 aromatic heterocycles. The molecule has 0 saturated heterocycles. The molecular weight excluding hydrogens is 268 g/mol. The first-order valence-electron chi connectivity index (χ1n) is 5.72. The van der Waals surface area contributed by atoms with E-state index in [1.165, 1.54) is 42.7 Å². The van der Waals surface area contributed by atoms with Crippen molar-refractivity contribution in [3.05, 3.63) is 29.8 Å². The number of methoxy groups -OCH3 is 1. The van der Waals surface area contributed by atoms with Crippen molar-refractivity contribution in [3.63, 3.8) is 0 Å². The molecule has 6 nitrogen and oxygen atoms in total. The summed E-state index contributed by atoms with van der Waals surface area (Å²) in [5, 5.41) is 2.89. The Kier molecular flexibility index (Phi) is 5.46. The molecule has 0 atom stereocenters. The average Bonchev–Trinajstić information content (AvgIpc) is 2.43. The molecule has 0 heterocycles. The van der Waals surface area contributed by atoms with Crippen molar-refractivity contribution >= 4 is 16.0 Å². The van der Waals surface area contributed by atoms with Crippen molar-refractivity contribution < 1.29 is 17.9 Å². The van der Waals surface area contributed by atoms with Gasteiger partial charge in [-0.3, -0.25) is 0 Å². The van der Waals surface area contributed by atoms with Crippen LogP contribution in [-0.2, 0) is 14.8 Å². The first-order valence-corrected chi connectivity index (χ1v) is 7.16. The summed E-state index contributed by atoms with van der Waals surface area (Å²) in [4.78, 5) is 11.4. The summed E-state index contributed by atoms with van der Waals surface area (Å²) in [5.41, 5.74) is 0.319. The van der Waals surface area contributed by atoms with Gasteiger partial charge in [0.25, 0.3) is 0 Å². The number of hydrogen-bond donors (Lipinski definition) is 1. The number of benzene rings is 1. The highest BCUT2D eigenvalue weighted by atomic mass is 32.2. The van der Waals surface area contributed by atoms with Crippen molar-refractivity contribution in [1.29, 1.82) is 0 Å². The topological polar surface area (TPSA) is 75.7 Å². The molecule has 7 heteroatoms. The standard InChI is InChI=1S/C12H18N2O4S/c1-13-8-9-14(2)19(16,17)11-6-4-10(5-7-11)12(15)18-3/h4-7,13H,8-9H2,1-3H3. The summed E-state index contributed by atoms with van der Waals surface area (Å²) in [6, 6.07) is 5.67. The van der Waals surface area contributed by atoms with Crippen molar-refractivity contribution in [2.45, 2.75) is 4.90 Å². The Labute approximate surface area is 113 Å². The van der Waals surface area contributed by atoms with Crippen LogP contribution < -0.4 is 5.32 Å². The highest BCUT2D eigenvalue weighted by Crippen LogP contribution is 2.15. The number of nitrogens with one attached hydrogen (secondary N) is 1. The van der Waals surface area contributed by atoms with Crippen LogP contribution in [0.5, 0.6) is 0 Å². The quantitative estimate of drug-likeness (QED) is 0.762. The van der Waals surface area contributed by atoms with Gasteiger partial charge in [-0.25, -0.2) is 13.2 Å². The molecule has 19 heavy (non-hydrogen) atoms. The van der Waals surface area contributed by atoms with Gasteiger partial charge in [-0.05, 0) is 31.3 Å². The Bertz CT molecular complexity index is 525.